The minimum atomic E-state index is -0.153. The highest BCUT2D eigenvalue weighted by molar-refractivity contribution is 6.07. The Labute approximate surface area is 368 Å². The van der Waals surface area contributed by atoms with Gasteiger partial charge in [0.05, 0.1) is 12.0 Å². The van der Waals surface area contributed by atoms with Crippen LogP contribution in [0, 0.1) is 6.92 Å². The molecule has 1 N–H and O–H groups in total. The van der Waals surface area contributed by atoms with Gasteiger partial charge in [-0.05, 0) is 161 Å². The lowest BCUT2D eigenvalue weighted by molar-refractivity contribution is -0.401. The molecule has 4 nitrogen and oxygen atoms in total. The third-order valence-electron chi connectivity index (χ3n) is 13.9. The molecule has 0 unspecified atom stereocenters. The Morgan fingerprint density at radius 1 is 0.742 bits per heavy atom. The zero-order valence-electron chi connectivity index (χ0n) is 37.9. The van der Waals surface area contributed by atoms with E-state index in [9.17, 15) is 5.11 Å². The number of aromatic hydroxyl groups is 1. The van der Waals surface area contributed by atoms with Crippen LogP contribution in [0.2, 0.25) is 0 Å². The molecule has 4 heteroatoms. The summed E-state index contributed by atoms with van der Waals surface area (Å²) in [5.74, 6) is 1.22. The molecule has 0 saturated heterocycles. The first-order valence-electron chi connectivity index (χ1n) is 22.6. The zero-order chi connectivity index (χ0) is 43.3. The molecule has 0 radical (unpaired) electrons. The maximum Gasteiger partial charge on any atom is 0.210 e. The van der Waals surface area contributed by atoms with Crippen molar-refractivity contribution < 1.29 is 14.4 Å². The van der Waals surface area contributed by atoms with Crippen molar-refractivity contribution in [1.29, 1.82) is 0 Å². The van der Waals surface area contributed by atoms with Crippen LogP contribution >= 0.6 is 0 Å². The number of likely N-dealkylation sites (N-methyl/N-ethyl adjacent to an activating group) is 1. The zero-order valence-corrected chi connectivity index (χ0v) is 37.9. The van der Waals surface area contributed by atoms with Crippen molar-refractivity contribution in [2.75, 3.05) is 25.6 Å². The van der Waals surface area contributed by atoms with Gasteiger partial charge < -0.3 is 14.7 Å². The lowest BCUT2D eigenvalue weighted by atomic mass is 9.78. The topological polar surface area (TPSA) is 35.7 Å². The van der Waals surface area contributed by atoms with E-state index in [1.807, 2.05) is 19.1 Å². The van der Waals surface area contributed by atoms with Crippen LogP contribution < -0.4 is 9.64 Å². The van der Waals surface area contributed by atoms with Crippen LogP contribution in [0.15, 0.2) is 156 Å². The van der Waals surface area contributed by atoms with Crippen LogP contribution in [0.4, 0.5) is 11.4 Å². The number of hydrogen-bond acceptors (Lipinski definition) is 3. The second kappa shape index (κ2) is 16.3. The monoisotopic (exact) mass is 817 g/mol. The summed E-state index contributed by atoms with van der Waals surface area (Å²) in [4.78, 5) is 2.40. The van der Waals surface area contributed by atoms with Gasteiger partial charge in [0.25, 0.3) is 0 Å². The first kappa shape index (κ1) is 41.2. The van der Waals surface area contributed by atoms with Crippen LogP contribution in [0.1, 0.15) is 93.7 Å². The highest BCUT2D eigenvalue weighted by atomic mass is 16.5. The molecule has 1 aliphatic carbocycles. The molecule has 2 aliphatic heterocycles. The van der Waals surface area contributed by atoms with E-state index in [0.717, 1.165) is 55.4 Å². The van der Waals surface area contributed by atoms with Gasteiger partial charge in [0.1, 0.15) is 18.5 Å². The summed E-state index contributed by atoms with van der Waals surface area (Å²) in [5, 5.41) is 15.5. The van der Waals surface area contributed by atoms with Crippen molar-refractivity contribution in [2.45, 2.75) is 90.9 Å². The molecule has 6 aromatic carbocycles. The maximum atomic E-state index is 10.3. The van der Waals surface area contributed by atoms with Gasteiger partial charge >= 0.3 is 0 Å². The molecule has 2 heterocycles. The number of anilines is 1. The van der Waals surface area contributed by atoms with Crippen molar-refractivity contribution in [3.05, 3.63) is 189 Å². The second-order valence-electron chi connectivity index (χ2n) is 18.8. The van der Waals surface area contributed by atoms with Crippen LogP contribution in [0.25, 0.3) is 21.5 Å². The number of phenolic OH excluding ortho intramolecular Hbond substituents is 1. The van der Waals surface area contributed by atoms with Crippen molar-refractivity contribution >= 4 is 38.6 Å². The number of fused-ring (bicyclic) bond motifs is 6. The maximum absolute atomic E-state index is 10.3. The van der Waals surface area contributed by atoms with Gasteiger partial charge in [0, 0.05) is 48.0 Å². The SMILES string of the molecule is CCc1cc(Cc2cc(C)cc(O)c2)cc(OCCC2=C(C=CC3=[N+](C)c4ccc5ccccc5c4C3(C)C)CCCC2=CC=C2N(C)c3ccc4ccccc4c3C2(C)C)c1. The number of ether oxygens (including phenoxy) is 1. The summed E-state index contributed by atoms with van der Waals surface area (Å²) in [7, 11) is 4.45. The van der Waals surface area contributed by atoms with Crippen LogP contribution in [0.3, 0.4) is 0 Å². The molecule has 0 spiro atoms. The number of aryl methyl sites for hydroxylation is 2. The van der Waals surface area contributed by atoms with E-state index in [-0.39, 0.29) is 10.8 Å². The van der Waals surface area contributed by atoms with Crippen molar-refractivity contribution in [1.82, 2.24) is 0 Å². The first-order chi connectivity index (χ1) is 29.8. The fourth-order valence-corrected chi connectivity index (χ4v) is 11.0. The molecule has 62 heavy (non-hydrogen) atoms. The van der Waals surface area contributed by atoms with E-state index in [2.05, 4.69) is 180 Å². The van der Waals surface area contributed by atoms with Gasteiger partial charge in [-0.25, -0.2) is 0 Å². The molecule has 9 rings (SSSR count). The smallest absolute Gasteiger partial charge is 0.210 e. The molecule has 0 atom stereocenters. The van der Waals surface area contributed by atoms with E-state index >= 15 is 0 Å². The minimum absolute atomic E-state index is 0.153. The van der Waals surface area contributed by atoms with Gasteiger partial charge in [-0.15, -0.1) is 0 Å². The molecule has 0 amide bonds. The Morgan fingerprint density at radius 3 is 2.18 bits per heavy atom. The van der Waals surface area contributed by atoms with Crippen LogP contribution in [-0.2, 0) is 23.7 Å². The number of allylic oxidation sites excluding steroid dienone is 7. The van der Waals surface area contributed by atoms with E-state index in [0.29, 0.717) is 12.4 Å². The number of phenols is 1. The lowest BCUT2D eigenvalue weighted by Crippen LogP contribution is -2.27. The van der Waals surface area contributed by atoms with E-state index in [1.165, 1.54) is 83.3 Å². The predicted molar refractivity (Wildman–Crippen MR) is 261 cm³/mol. The van der Waals surface area contributed by atoms with Crippen molar-refractivity contribution in [2.24, 2.45) is 0 Å². The summed E-state index contributed by atoms with van der Waals surface area (Å²) in [6.45, 7) is 14.3. The Hall–Kier alpha value is -6.13. The number of benzene rings is 6. The standard InChI is InChI=1S/C58H60N2O2/c1-9-39-33-41(34-40-31-38(2)32-46(61)35-40)37-47(36-39)62-30-29-48-42(23-27-53-57(3,4)55-49-19-12-10-15-44(49)21-25-51(55)59(53)7)17-14-18-43(48)24-28-54-58(5,6)56-50-20-13-11-16-45(50)22-26-52(56)60(54)8/h10-13,15-16,19-28,31-33,35-37H,9,14,17-18,29-30,34H2,1-8H3/p+1. The van der Waals surface area contributed by atoms with Gasteiger partial charge in [-0.2, -0.15) is 4.58 Å². The minimum Gasteiger partial charge on any atom is -0.508 e. The predicted octanol–water partition coefficient (Wildman–Crippen LogP) is 13.9. The third-order valence-corrected chi connectivity index (χ3v) is 13.9. The Bertz CT molecular complexity index is 2900. The Morgan fingerprint density at radius 2 is 1.44 bits per heavy atom. The molecular weight excluding hydrogens is 757 g/mol. The van der Waals surface area contributed by atoms with Crippen LogP contribution in [0.5, 0.6) is 11.5 Å². The molecule has 0 bridgehead atoms. The summed E-state index contributed by atoms with van der Waals surface area (Å²) >= 11 is 0. The number of rotatable bonds is 10. The van der Waals surface area contributed by atoms with E-state index < -0.39 is 0 Å². The third kappa shape index (κ3) is 7.48. The molecule has 0 fully saturated rings. The van der Waals surface area contributed by atoms with Crippen molar-refractivity contribution in [3.63, 3.8) is 0 Å². The van der Waals surface area contributed by atoms with Crippen LogP contribution in [-0.4, -0.2) is 36.1 Å². The molecule has 0 aromatic heterocycles. The summed E-state index contributed by atoms with van der Waals surface area (Å²) in [5.41, 5.74) is 16.5. The van der Waals surface area contributed by atoms with Gasteiger partial charge in [0.2, 0.25) is 5.69 Å². The lowest BCUT2D eigenvalue weighted by Gasteiger charge is -2.25. The van der Waals surface area contributed by atoms with E-state index in [1.54, 1.807) is 0 Å². The number of nitrogens with zero attached hydrogens (tertiary/aromatic N) is 2. The first-order valence-corrected chi connectivity index (χ1v) is 22.6. The molecular formula is C58H61N2O2+. The average molecular weight is 818 g/mol. The second-order valence-corrected chi connectivity index (χ2v) is 18.8. The summed E-state index contributed by atoms with van der Waals surface area (Å²) in [6, 6.07) is 39.2. The molecule has 6 aromatic rings. The average Bonchev–Trinajstić information content (AvgIpc) is 3.58. The highest BCUT2D eigenvalue weighted by Crippen LogP contribution is 2.50. The Balaban J connectivity index is 1.07. The fourth-order valence-electron chi connectivity index (χ4n) is 11.0. The van der Waals surface area contributed by atoms with Gasteiger partial charge in [0.15, 0.2) is 5.71 Å². The highest BCUT2D eigenvalue weighted by Gasteiger charge is 2.44. The largest absolute Gasteiger partial charge is 0.508 e. The normalized spacial score (nSPS) is 18.2. The summed E-state index contributed by atoms with van der Waals surface area (Å²) in [6.07, 6.45) is 15.3. The Kier molecular flexibility index (Phi) is 10.8. The quantitative estimate of drug-likeness (QED) is 0.140. The van der Waals surface area contributed by atoms with Crippen molar-refractivity contribution in [3.8, 4) is 11.5 Å². The molecule has 0 saturated carbocycles. The molecule has 3 aliphatic rings. The van der Waals surface area contributed by atoms with Gasteiger partial charge in [-0.3, -0.25) is 0 Å². The number of hydrogen-bond donors (Lipinski definition) is 1. The molecule has 314 valence electrons. The fraction of sp³-hybridized carbons (Fsp3) is 0.293. The summed E-state index contributed by atoms with van der Waals surface area (Å²) < 4.78 is 9.13. The van der Waals surface area contributed by atoms with E-state index in [4.69, 9.17) is 4.74 Å². The van der Waals surface area contributed by atoms with Gasteiger partial charge in [-0.1, -0.05) is 99.7 Å².